The Morgan fingerprint density at radius 2 is 1.21 bits per heavy atom. The Balaban J connectivity index is 0.000000324. The summed E-state index contributed by atoms with van der Waals surface area (Å²) in [6.45, 7) is 0. The van der Waals surface area contributed by atoms with Gasteiger partial charge in [0.25, 0.3) is 0 Å². The fourth-order valence-corrected chi connectivity index (χ4v) is 1.58. The minimum atomic E-state index is -1.19. The second-order valence-corrected chi connectivity index (χ2v) is 3.96. The van der Waals surface area contributed by atoms with Crippen molar-refractivity contribution in [2.24, 2.45) is 0 Å². The molecule has 2 fully saturated rings. The van der Waals surface area contributed by atoms with E-state index in [9.17, 15) is 29.4 Å². The Labute approximate surface area is 151 Å². The summed E-state index contributed by atoms with van der Waals surface area (Å²) in [7, 11) is 0. The Bertz CT molecular complexity index is 350. The molecule has 2 saturated heterocycles. The number of hydrogen-bond donors (Lipinski definition) is 2. The van der Waals surface area contributed by atoms with Crippen LogP contribution in [0.1, 0.15) is 25.7 Å². The fourth-order valence-electron chi connectivity index (χ4n) is 1.58. The van der Waals surface area contributed by atoms with Crippen molar-refractivity contribution in [2.45, 2.75) is 37.8 Å². The van der Waals surface area contributed by atoms with E-state index in [4.69, 9.17) is 0 Å². The van der Waals surface area contributed by atoms with Crippen molar-refractivity contribution >= 4 is 23.8 Å². The summed E-state index contributed by atoms with van der Waals surface area (Å²) in [5.41, 5.74) is 0. The third kappa shape index (κ3) is 6.48. The van der Waals surface area contributed by atoms with Gasteiger partial charge in [0.2, 0.25) is 11.8 Å². The summed E-state index contributed by atoms with van der Waals surface area (Å²) in [5.74, 6) is -2.80. The molecule has 0 radical (unpaired) electrons. The van der Waals surface area contributed by atoms with Crippen molar-refractivity contribution in [3.8, 4) is 0 Å². The van der Waals surface area contributed by atoms with Crippen LogP contribution in [0.25, 0.3) is 0 Å². The number of carboxylic acids is 2. The second-order valence-electron chi connectivity index (χ2n) is 3.96. The predicted molar refractivity (Wildman–Crippen MR) is 52.3 cm³/mol. The third-order valence-corrected chi connectivity index (χ3v) is 2.56. The van der Waals surface area contributed by atoms with E-state index >= 15 is 0 Å². The van der Waals surface area contributed by atoms with Crippen LogP contribution in [0.5, 0.6) is 0 Å². The molecule has 0 aromatic heterocycles. The molecule has 2 atom stereocenters. The number of carbonyl (C=O) groups is 4. The molecule has 9 heteroatoms. The second kappa shape index (κ2) is 8.64. The Morgan fingerprint density at radius 1 is 0.895 bits per heavy atom. The largest absolute Gasteiger partial charge is 1.00 e. The Hall–Kier alpha value is -0.484. The summed E-state index contributed by atoms with van der Waals surface area (Å²) in [4.78, 5) is 40.8. The van der Waals surface area contributed by atoms with Gasteiger partial charge in [0.15, 0.2) is 0 Å². The fraction of sp³-hybridized carbons (Fsp3) is 0.600. The number of nitrogens with one attached hydrogen (secondary N) is 2. The molecule has 0 aliphatic carbocycles. The molecule has 0 spiro atoms. The van der Waals surface area contributed by atoms with E-state index in [0.29, 0.717) is 25.7 Å². The van der Waals surface area contributed by atoms with E-state index in [1.807, 2.05) is 0 Å². The number of carboxylic acid groups (broad SMARTS) is 2. The van der Waals surface area contributed by atoms with Gasteiger partial charge in [-0.15, -0.1) is 0 Å². The summed E-state index contributed by atoms with van der Waals surface area (Å²) < 4.78 is 0. The molecule has 0 bridgehead atoms. The molecule has 2 aliphatic heterocycles. The molecule has 0 aromatic carbocycles. The van der Waals surface area contributed by atoms with Crippen LogP contribution >= 0.6 is 0 Å². The zero-order chi connectivity index (χ0) is 13.7. The van der Waals surface area contributed by atoms with Crippen LogP contribution in [-0.4, -0.2) is 35.8 Å². The SMILES string of the molecule is O=C1CC[C@@H](C(=O)[O-])N1.O=C1CC[C@H](C(=O)[O-])N1.[K+]. The molecule has 0 saturated carbocycles. The van der Waals surface area contributed by atoms with Gasteiger partial charge < -0.3 is 30.4 Å². The molecule has 0 unspecified atom stereocenters. The number of hydrogen-bond acceptors (Lipinski definition) is 6. The number of aliphatic carboxylic acids is 2. The van der Waals surface area contributed by atoms with Crippen molar-refractivity contribution < 1.29 is 80.8 Å². The summed E-state index contributed by atoms with van der Waals surface area (Å²) in [5, 5.41) is 24.5. The first kappa shape index (κ1) is 18.5. The Kier molecular flexibility index (Phi) is 8.42. The van der Waals surface area contributed by atoms with Gasteiger partial charge in [0.1, 0.15) is 0 Å². The normalized spacial score (nSPS) is 24.4. The van der Waals surface area contributed by atoms with Gasteiger partial charge in [0, 0.05) is 12.8 Å². The van der Waals surface area contributed by atoms with Crippen molar-refractivity contribution in [3.63, 3.8) is 0 Å². The smallest absolute Gasteiger partial charge is 0.548 e. The van der Waals surface area contributed by atoms with Gasteiger partial charge in [-0.25, -0.2) is 0 Å². The van der Waals surface area contributed by atoms with Crippen molar-refractivity contribution in [3.05, 3.63) is 0 Å². The molecular formula is C10H12KN2O6-. The van der Waals surface area contributed by atoms with E-state index in [-0.39, 0.29) is 63.2 Å². The zero-order valence-electron chi connectivity index (χ0n) is 10.4. The number of rotatable bonds is 2. The first-order valence-electron chi connectivity index (χ1n) is 5.40. The molecular weight excluding hydrogens is 283 g/mol. The van der Waals surface area contributed by atoms with E-state index in [0.717, 1.165) is 0 Å². The van der Waals surface area contributed by atoms with Crippen LogP contribution in [0, 0.1) is 0 Å². The molecule has 2 rings (SSSR count). The van der Waals surface area contributed by atoms with Crippen LogP contribution in [-0.2, 0) is 19.2 Å². The quantitative estimate of drug-likeness (QED) is 0.485. The minimum Gasteiger partial charge on any atom is -0.548 e. The van der Waals surface area contributed by atoms with Crippen LogP contribution in [0.15, 0.2) is 0 Å². The maximum Gasteiger partial charge on any atom is 1.00 e. The monoisotopic (exact) mass is 295 g/mol. The van der Waals surface area contributed by atoms with Gasteiger partial charge in [-0.3, -0.25) is 9.59 Å². The molecule has 8 nitrogen and oxygen atoms in total. The van der Waals surface area contributed by atoms with Crippen molar-refractivity contribution in [1.82, 2.24) is 10.6 Å². The van der Waals surface area contributed by atoms with Gasteiger partial charge in [0.05, 0.1) is 24.0 Å². The van der Waals surface area contributed by atoms with Crippen LogP contribution in [0.2, 0.25) is 0 Å². The number of amides is 2. The third-order valence-electron chi connectivity index (χ3n) is 2.56. The van der Waals surface area contributed by atoms with Crippen LogP contribution in [0.3, 0.4) is 0 Å². The van der Waals surface area contributed by atoms with E-state index in [2.05, 4.69) is 10.6 Å². The van der Waals surface area contributed by atoms with Crippen molar-refractivity contribution in [1.29, 1.82) is 0 Å². The van der Waals surface area contributed by atoms with E-state index < -0.39 is 24.0 Å². The van der Waals surface area contributed by atoms with Crippen LogP contribution in [0.4, 0.5) is 0 Å². The number of carbonyl (C=O) groups excluding carboxylic acids is 4. The maximum absolute atomic E-state index is 10.4. The molecule has 2 amide bonds. The van der Waals surface area contributed by atoms with Crippen LogP contribution < -0.4 is 72.2 Å². The van der Waals surface area contributed by atoms with Gasteiger partial charge >= 0.3 is 51.4 Å². The predicted octanol–water partition coefficient (Wildman–Crippen LogP) is -6.97. The molecule has 0 aromatic rings. The van der Waals surface area contributed by atoms with Gasteiger partial charge in [-0.1, -0.05) is 0 Å². The topological polar surface area (TPSA) is 138 Å². The molecule has 2 N–H and O–H groups in total. The zero-order valence-corrected chi connectivity index (χ0v) is 13.6. The molecule has 19 heavy (non-hydrogen) atoms. The standard InChI is InChI=1S/2C5H7NO3.K/c2*7-4-2-1-3(6-4)5(8)9;/h2*3H,1-2H2,(H,6,7)(H,8,9);/q;;+1/p-2/t2*3-;/m10./s1. The molecule has 2 heterocycles. The average molecular weight is 295 g/mol. The molecule has 100 valence electrons. The van der Waals surface area contributed by atoms with E-state index in [1.165, 1.54) is 0 Å². The summed E-state index contributed by atoms with van der Waals surface area (Å²) in [6.07, 6.45) is 1.33. The van der Waals surface area contributed by atoms with Crippen molar-refractivity contribution in [2.75, 3.05) is 0 Å². The maximum atomic E-state index is 10.4. The first-order chi connectivity index (χ1) is 8.40. The minimum absolute atomic E-state index is 0. The summed E-state index contributed by atoms with van der Waals surface area (Å²) in [6, 6.07) is -1.50. The first-order valence-corrected chi connectivity index (χ1v) is 5.40. The summed E-state index contributed by atoms with van der Waals surface area (Å²) >= 11 is 0. The Morgan fingerprint density at radius 3 is 1.32 bits per heavy atom. The average Bonchev–Trinajstić information content (AvgIpc) is 2.88. The van der Waals surface area contributed by atoms with Gasteiger partial charge in [-0.2, -0.15) is 0 Å². The molecule has 2 aliphatic rings. The van der Waals surface area contributed by atoms with Gasteiger partial charge in [-0.05, 0) is 12.8 Å². The van der Waals surface area contributed by atoms with E-state index in [1.54, 1.807) is 0 Å².